The molecule has 0 atom stereocenters. The minimum atomic E-state index is -0.937. The lowest BCUT2D eigenvalue weighted by molar-refractivity contribution is 0.203. The molecular formula is C17H27NO2. The van der Waals surface area contributed by atoms with Gasteiger partial charge < -0.3 is 5.11 Å². The zero-order chi connectivity index (χ0) is 15.9. The molecule has 20 heavy (non-hydrogen) atoms. The quantitative estimate of drug-likeness (QED) is 0.808. The summed E-state index contributed by atoms with van der Waals surface area (Å²) < 4.78 is 0. The highest BCUT2D eigenvalue weighted by atomic mass is 16.4. The Kier molecular flexibility index (Phi) is 4.23. The number of carbonyl (C=O) groups is 1. The number of hydrogen-bond acceptors (Lipinski definition) is 1. The van der Waals surface area contributed by atoms with Crippen LogP contribution in [0.1, 0.15) is 58.2 Å². The third kappa shape index (κ3) is 3.33. The van der Waals surface area contributed by atoms with E-state index in [1.807, 2.05) is 12.1 Å². The average Bonchev–Trinajstić information content (AvgIpc) is 2.24. The molecule has 0 radical (unpaired) electrons. The monoisotopic (exact) mass is 277 g/mol. The van der Waals surface area contributed by atoms with E-state index >= 15 is 0 Å². The standard InChI is InChI=1S/C17H27NO2/c1-11-13(16(2,3)4)9-12(18(8)15(19)20)10-14(11)17(5,6)7/h9-10H,1-8H3,(H,19,20). The first-order valence-electron chi connectivity index (χ1n) is 6.98. The maximum absolute atomic E-state index is 11.2. The molecule has 112 valence electrons. The van der Waals surface area contributed by atoms with Gasteiger partial charge in [-0.1, -0.05) is 41.5 Å². The molecule has 1 aromatic rings. The number of amides is 1. The average molecular weight is 277 g/mol. The first-order chi connectivity index (χ1) is 8.85. The van der Waals surface area contributed by atoms with Crippen LogP contribution in [0.2, 0.25) is 0 Å². The van der Waals surface area contributed by atoms with Crippen LogP contribution in [0.25, 0.3) is 0 Å². The van der Waals surface area contributed by atoms with Crippen molar-refractivity contribution in [2.75, 3.05) is 11.9 Å². The van der Waals surface area contributed by atoms with Gasteiger partial charge in [0.05, 0.1) is 0 Å². The third-order valence-electron chi connectivity index (χ3n) is 3.68. The van der Waals surface area contributed by atoms with Crippen molar-refractivity contribution in [1.29, 1.82) is 0 Å². The lowest BCUT2D eigenvalue weighted by atomic mass is 9.76. The highest BCUT2D eigenvalue weighted by Crippen LogP contribution is 2.36. The number of rotatable bonds is 1. The van der Waals surface area contributed by atoms with Crippen molar-refractivity contribution in [3.05, 3.63) is 28.8 Å². The Morgan fingerprint density at radius 3 is 1.60 bits per heavy atom. The first kappa shape index (κ1) is 16.5. The molecule has 0 unspecified atom stereocenters. The molecule has 0 aromatic heterocycles. The minimum Gasteiger partial charge on any atom is -0.465 e. The van der Waals surface area contributed by atoms with E-state index in [1.54, 1.807) is 7.05 Å². The number of nitrogens with zero attached hydrogens (tertiary/aromatic N) is 1. The molecule has 0 fully saturated rings. The molecule has 1 rings (SSSR count). The van der Waals surface area contributed by atoms with Crippen LogP contribution in [0.5, 0.6) is 0 Å². The third-order valence-corrected chi connectivity index (χ3v) is 3.68. The van der Waals surface area contributed by atoms with Crippen LogP contribution in [0.15, 0.2) is 12.1 Å². The van der Waals surface area contributed by atoms with Crippen molar-refractivity contribution in [2.24, 2.45) is 0 Å². The predicted octanol–water partition coefficient (Wildman–Crippen LogP) is 4.70. The van der Waals surface area contributed by atoms with Gasteiger partial charge in [0.2, 0.25) is 0 Å². The van der Waals surface area contributed by atoms with Crippen LogP contribution in [0.4, 0.5) is 10.5 Å². The number of hydrogen-bond donors (Lipinski definition) is 1. The van der Waals surface area contributed by atoms with E-state index in [-0.39, 0.29) is 10.8 Å². The number of carboxylic acid groups (broad SMARTS) is 1. The van der Waals surface area contributed by atoms with Crippen LogP contribution in [0.3, 0.4) is 0 Å². The van der Waals surface area contributed by atoms with Gasteiger partial charge in [-0.25, -0.2) is 4.79 Å². The summed E-state index contributed by atoms with van der Waals surface area (Å²) in [6.45, 7) is 15.1. The fourth-order valence-electron chi connectivity index (χ4n) is 2.56. The van der Waals surface area contributed by atoms with Gasteiger partial charge in [-0.2, -0.15) is 0 Å². The second-order valence-electron chi connectivity index (χ2n) is 7.51. The first-order valence-corrected chi connectivity index (χ1v) is 6.98. The summed E-state index contributed by atoms with van der Waals surface area (Å²) in [4.78, 5) is 12.5. The molecule has 0 aliphatic carbocycles. The van der Waals surface area contributed by atoms with Crippen LogP contribution < -0.4 is 4.90 Å². The van der Waals surface area contributed by atoms with Gasteiger partial charge in [0.25, 0.3) is 0 Å². The summed E-state index contributed by atoms with van der Waals surface area (Å²) in [5.74, 6) is 0. The van der Waals surface area contributed by atoms with E-state index in [1.165, 1.54) is 21.6 Å². The number of anilines is 1. The molecule has 0 spiro atoms. The van der Waals surface area contributed by atoms with E-state index in [2.05, 4.69) is 48.5 Å². The molecule has 3 nitrogen and oxygen atoms in total. The molecule has 0 heterocycles. The maximum atomic E-state index is 11.2. The largest absolute Gasteiger partial charge is 0.465 e. The van der Waals surface area contributed by atoms with Crippen LogP contribution in [0, 0.1) is 6.92 Å². The molecule has 1 aromatic carbocycles. The fourth-order valence-corrected chi connectivity index (χ4v) is 2.56. The van der Waals surface area contributed by atoms with E-state index in [0.717, 1.165) is 5.69 Å². The lowest BCUT2D eigenvalue weighted by Crippen LogP contribution is -2.26. The van der Waals surface area contributed by atoms with Crippen molar-refractivity contribution >= 4 is 11.8 Å². The summed E-state index contributed by atoms with van der Waals surface area (Å²) in [5.41, 5.74) is 4.37. The predicted molar refractivity (Wildman–Crippen MR) is 85.0 cm³/mol. The van der Waals surface area contributed by atoms with Crippen molar-refractivity contribution in [1.82, 2.24) is 0 Å². The molecule has 1 N–H and O–H groups in total. The molecule has 0 saturated carbocycles. The van der Waals surface area contributed by atoms with Crippen LogP contribution in [-0.2, 0) is 10.8 Å². The van der Waals surface area contributed by atoms with Gasteiger partial charge in [-0.15, -0.1) is 0 Å². The molecule has 1 amide bonds. The maximum Gasteiger partial charge on any atom is 0.411 e. The topological polar surface area (TPSA) is 40.5 Å². The summed E-state index contributed by atoms with van der Waals surface area (Å²) in [6.07, 6.45) is -0.937. The summed E-state index contributed by atoms with van der Waals surface area (Å²) >= 11 is 0. The van der Waals surface area contributed by atoms with Gasteiger partial charge in [0.15, 0.2) is 0 Å². The summed E-state index contributed by atoms with van der Waals surface area (Å²) in [5, 5.41) is 9.22. The minimum absolute atomic E-state index is 0.0144. The zero-order valence-corrected chi connectivity index (χ0v) is 14.0. The molecule has 0 bridgehead atoms. The smallest absolute Gasteiger partial charge is 0.411 e. The van der Waals surface area contributed by atoms with Gasteiger partial charge in [0.1, 0.15) is 0 Å². The van der Waals surface area contributed by atoms with E-state index < -0.39 is 6.09 Å². The van der Waals surface area contributed by atoms with Gasteiger partial charge in [-0.05, 0) is 46.6 Å². The summed E-state index contributed by atoms with van der Waals surface area (Å²) in [7, 11) is 1.59. The Morgan fingerprint density at radius 2 is 1.35 bits per heavy atom. The Labute approximate surface area is 122 Å². The molecule has 3 heteroatoms. The second kappa shape index (κ2) is 5.12. The Hall–Kier alpha value is -1.51. The van der Waals surface area contributed by atoms with Crippen molar-refractivity contribution in [2.45, 2.75) is 59.3 Å². The molecule has 0 aliphatic rings. The second-order valence-corrected chi connectivity index (χ2v) is 7.51. The van der Waals surface area contributed by atoms with Gasteiger partial charge in [0, 0.05) is 12.7 Å². The zero-order valence-electron chi connectivity index (χ0n) is 14.0. The molecular weight excluding hydrogens is 250 g/mol. The van der Waals surface area contributed by atoms with Crippen molar-refractivity contribution in [3.8, 4) is 0 Å². The normalized spacial score (nSPS) is 12.4. The van der Waals surface area contributed by atoms with Crippen molar-refractivity contribution in [3.63, 3.8) is 0 Å². The Bertz CT molecular complexity index is 484. The van der Waals surface area contributed by atoms with E-state index in [4.69, 9.17) is 0 Å². The van der Waals surface area contributed by atoms with Crippen LogP contribution >= 0.6 is 0 Å². The Balaban J connectivity index is 3.63. The number of benzene rings is 1. The van der Waals surface area contributed by atoms with Crippen molar-refractivity contribution < 1.29 is 9.90 Å². The molecule has 0 aliphatic heterocycles. The Morgan fingerprint density at radius 1 is 1.00 bits per heavy atom. The SMILES string of the molecule is Cc1c(C(C)(C)C)cc(N(C)C(=O)O)cc1C(C)(C)C. The lowest BCUT2D eigenvalue weighted by Gasteiger charge is -2.31. The molecule has 0 saturated heterocycles. The van der Waals surface area contributed by atoms with E-state index in [0.29, 0.717) is 0 Å². The van der Waals surface area contributed by atoms with Crippen LogP contribution in [-0.4, -0.2) is 18.2 Å². The summed E-state index contributed by atoms with van der Waals surface area (Å²) in [6, 6.07) is 4.00. The highest BCUT2D eigenvalue weighted by Gasteiger charge is 2.25. The van der Waals surface area contributed by atoms with Gasteiger partial charge >= 0.3 is 6.09 Å². The van der Waals surface area contributed by atoms with Gasteiger partial charge in [-0.3, -0.25) is 4.90 Å². The highest BCUT2D eigenvalue weighted by molar-refractivity contribution is 5.86. The van der Waals surface area contributed by atoms with E-state index in [9.17, 15) is 9.90 Å². The fraction of sp³-hybridized carbons (Fsp3) is 0.588.